The molecule has 2 aromatic heterocycles. The van der Waals surface area contributed by atoms with Gasteiger partial charge in [-0.15, -0.1) is 0 Å². The van der Waals surface area contributed by atoms with Crippen molar-refractivity contribution in [3.05, 3.63) is 65.1 Å². The standard InChI is InChI=1S/C24H23N3O3/c1-4-9-30-23-8-6-5-7-16(23)20-11-18-19(24(29)27-22(18)13-25-20)12-21-17(15(3)28)10-14(2)26-21/h5-8,10-13,26H,4,9H2,1-3H3,(H,27,29)/b19-12-. The number of anilines is 1. The average Bonchev–Trinajstić information content (AvgIpc) is 3.26. The molecule has 0 spiro atoms. The second-order valence-corrected chi connectivity index (χ2v) is 7.31. The number of H-pyrrole nitrogens is 1. The number of nitrogens with one attached hydrogen (secondary N) is 2. The SMILES string of the molecule is CCCOc1ccccc1-c1cc2c(cn1)NC(=O)/C2=C\c1[nH]c(C)cc1C(C)=O. The van der Waals surface area contributed by atoms with Gasteiger partial charge in [-0.2, -0.15) is 0 Å². The number of aromatic nitrogens is 2. The highest BCUT2D eigenvalue weighted by Crippen LogP contribution is 2.37. The molecule has 3 aromatic rings. The lowest BCUT2D eigenvalue weighted by atomic mass is 10.0. The Bertz CT molecular complexity index is 1170. The van der Waals surface area contributed by atoms with Gasteiger partial charge in [0.25, 0.3) is 5.91 Å². The molecule has 3 heterocycles. The van der Waals surface area contributed by atoms with E-state index < -0.39 is 0 Å². The molecule has 0 aliphatic carbocycles. The maximum atomic E-state index is 12.6. The zero-order valence-corrected chi connectivity index (χ0v) is 17.2. The largest absolute Gasteiger partial charge is 0.493 e. The summed E-state index contributed by atoms with van der Waals surface area (Å²) in [6.45, 7) is 6.07. The highest BCUT2D eigenvalue weighted by atomic mass is 16.5. The summed E-state index contributed by atoms with van der Waals surface area (Å²) in [5.41, 5.74) is 5.53. The monoisotopic (exact) mass is 401 g/mol. The van der Waals surface area contributed by atoms with Crippen LogP contribution in [-0.2, 0) is 4.79 Å². The molecule has 0 radical (unpaired) electrons. The first-order valence-electron chi connectivity index (χ1n) is 9.94. The Morgan fingerprint density at radius 2 is 2.00 bits per heavy atom. The van der Waals surface area contributed by atoms with Crippen molar-refractivity contribution in [2.24, 2.45) is 0 Å². The highest BCUT2D eigenvalue weighted by Gasteiger charge is 2.26. The average molecular weight is 401 g/mol. The molecule has 1 amide bonds. The van der Waals surface area contributed by atoms with E-state index >= 15 is 0 Å². The van der Waals surface area contributed by atoms with Crippen molar-refractivity contribution < 1.29 is 14.3 Å². The molecule has 1 aliphatic heterocycles. The Labute approximate surface area is 175 Å². The minimum absolute atomic E-state index is 0.0535. The number of fused-ring (bicyclic) bond motifs is 1. The van der Waals surface area contributed by atoms with Gasteiger partial charge in [-0.05, 0) is 50.6 Å². The van der Waals surface area contributed by atoms with E-state index in [1.54, 1.807) is 18.3 Å². The zero-order valence-electron chi connectivity index (χ0n) is 17.2. The number of pyridine rings is 1. The van der Waals surface area contributed by atoms with Gasteiger partial charge in [-0.1, -0.05) is 19.1 Å². The number of rotatable bonds is 6. The van der Waals surface area contributed by atoms with Crippen molar-refractivity contribution in [2.45, 2.75) is 27.2 Å². The Morgan fingerprint density at radius 3 is 2.77 bits per heavy atom. The first kappa shape index (κ1) is 19.6. The molecule has 6 heteroatoms. The molecule has 1 aromatic carbocycles. The van der Waals surface area contributed by atoms with Crippen LogP contribution in [-0.4, -0.2) is 28.3 Å². The van der Waals surface area contributed by atoms with Crippen LogP contribution in [0.25, 0.3) is 22.9 Å². The number of aromatic amines is 1. The predicted octanol–water partition coefficient (Wildman–Crippen LogP) is 4.87. The number of nitrogens with zero attached hydrogens (tertiary/aromatic N) is 1. The molecule has 0 saturated carbocycles. The third-order valence-corrected chi connectivity index (χ3v) is 4.96. The van der Waals surface area contributed by atoms with Crippen LogP contribution in [0.3, 0.4) is 0 Å². The van der Waals surface area contributed by atoms with Gasteiger partial charge in [-0.3, -0.25) is 14.6 Å². The number of aryl methyl sites for hydroxylation is 1. The summed E-state index contributed by atoms with van der Waals surface area (Å²) in [6.07, 6.45) is 4.30. The number of carbonyl (C=O) groups excluding carboxylic acids is 2. The van der Waals surface area contributed by atoms with Crippen LogP contribution in [0.2, 0.25) is 0 Å². The van der Waals surface area contributed by atoms with Crippen molar-refractivity contribution in [2.75, 3.05) is 11.9 Å². The lowest BCUT2D eigenvalue weighted by molar-refractivity contribution is -0.110. The van der Waals surface area contributed by atoms with Crippen LogP contribution >= 0.6 is 0 Å². The van der Waals surface area contributed by atoms with Crippen molar-refractivity contribution in [1.29, 1.82) is 0 Å². The minimum Gasteiger partial charge on any atom is -0.493 e. The van der Waals surface area contributed by atoms with E-state index in [1.807, 2.05) is 37.3 Å². The van der Waals surface area contributed by atoms with Crippen LogP contribution in [0, 0.1) is 6.92 Å². The minimum atomic E-state index is -0.221. The number of hydrogen-bond acceptors (Lipinski definition) is 4. The first-order chi connectivity index (χ1) is 14.5. The number of Topliss-reactive ketones (excluding diaryl/α,β-unsaturated/α-hetero) is 1. The topological polar surface area (TPSA) is 84.1 Å². The van der Waals surface area contributed by atoms with Gasteiger partial charge in [-0.25, -0.2) is 0 Å². The summed E-state index contributed by atoms with van der Waals surface area (Å²) in [4.78, 5) is 32.3. The molecule has 2 N–H and O–H groups in total. The molecule has 6 nitrogen and oxygen atoms in total. The molecular weight excluding hydrogens is 378 g/mol. The van der Waals surface area contributed by atoms with Crippen LogP contribution < -0.4 is 10.1 Å². The van der Waals surface area contributed by atoms with Gasteiger partial charge in [0.1, 0.15) is 5.75 Å². The van der Waals surface area contributed by atoms with E-state index in [-0.39, 0.29) is 11.7 Å². The number of ether oxygens (including phenoxy) is 1. The molecule has 30 heavy (non-hydrogen) atoms. The Hall–Kier alpha value is -3.67. The zero-order chi connectivity index (χ0) is 21.3. The number of carbonyl (C=O) groups is 2. The van der Waals surface area contributed by atoms with Gasteiger partial charge in [0.15, 0.2) is 5.78 Å². The predicted molar refractivity (Wildman–Crippen MR) is 117 cm³/mol. The van der Waals surface area contributed by atoms with Gasteiger partial charge in [0.05, 0.1) is 29.8 Å². The molecule has 152 valence electrons. The van der Waals surface area contributed by atoms with Crippen molar-refractivity contribution in [3.63, 3.8) is 0 Å². The molecular formula is C24H23N3O3. The fourth-order valence-electron chi connectivity index (χ4n) is 3.56. The fraction of sp³-hybridized carbons (Fsp3) is 0.208. The summed E-state index contributed by atoms with van der Waals surface area (Å²) in [7, 11) is 0. The van der Waals surface area contributed by atoms with Gasteiger partial charge < -0.3 is 15.0 Å². The van der Waals surface area contributed by atoms with Crippen LogP contribution in [0.4, 0.5) is 5.69 Å². The van der Waals surface area contributed by atoms with Crippen LogP contribution in [0.5, 0.6) is 5.75 Å². The summed E-state index contributed by atoms with van der Waals surface area (Å²) in [5.74, 6) is 0.483. The molecule has 0 fully saturated rings. The fourth-order valence-corrected chi connectivity index (χ4v) is 3.56. The molecule has 1 aliphatic rings. The Morgan fingerprint density at radius 1 is 1.20 bits per heavy atom. The lowest BCUT2D eigenvalue weighted by Crippen LogP contribution is -2.04. The maximum Gasteiger partial charge on any atom is 0.256 e. The Balaban J connectivity index is 1.79. The third kappa shape index (κ3) is 3.64. The van der Waals surface area contributed by atoms with E-state index in [9.17, 15) is 9.59 Å². The third-order valence-electron chi connectivity index (χ3n) is 4.96. The molecule has 4 rings (SSSR count). The van der Waals surface area contributed by atoms with E-state index in [4.69, 9.17) is 4.74 Å². The van der Waals surface area contributed by atoms with Crippen LogP contribution in [0.15, 0.2) is 42.6 Å². The summed E-state index contributed by atoms with van der Waals surface area (Å²) in [6, 6.07) is 11.4. The van der Waals surface area contributed by atoms with E-state index in [0.29, 0.717) is 29.1 Å². The van der Waals surface area contributed by atoms with Gasteiger partial charge in [0.2, 0.25) is 0 Å². The first-order valence-corrected chi connectivity index (χ1v) is 9.94. The number of amides is 1. The highest BCUT2D eigenvalue weighted by molar-refractivity contribution is 6.35. The van der Waals surface area contributed by atoms with Gasteiger partial charge >= 0.3 is 0 Å². The number of para-hydroxylation sites is 1. The molecule has 0 atom stereocenters. The molecule has 0 unspecified atom stereocenters. The van der Waals surface area contributed by atoms with Crippen LogP contribution in [0.1, 0.15) is 47.6 Å². The summed E-state index contributed by atoms with van der Waals surface area (Å²) >= 11 is 0. The second kappa shape index (κ2) is 7.99. The van der Waals surface area contributed by atoms with E-state index in [0.717, 1.165) is 34.7 Å². The lowest BCUT2D eigenvalue weighted by Gasteiger charge is -2.11. The normalized spacial score (nSPS) is 14.0. The number of hydrogen-bond donors (Lipinski definition) is 2. The Kier molecular flexibility index (Phi) is 5.23. The second-order valence-electron chi connectivity index (χ2n) is 7.31. The van der Waals surface area contributed by atoms with Crippen molar-refractivity contribution in [1.82, 2.24) is 9.97 Å². The maximum absolute atomic E-state index is 12.6. The number of ketones is 1. The smallest absolute Gasteiger partial charge is 0.256 e. The van der Waals surface area contributed by atoms with Gasteiger partial charge in [0, 0.05) is 28.1 Å². The van der Waals surface area contributed by atoms with E-state index in [1.165, 1.54) is 6.92 Å². The quantitative estimate of drug-likeness (QED) is 0.456. The molecule has 0 saturated heterocycles. The van der Waals surface area contributed by atoms with Crippen molar-refractivity contribution in [3.8, 4) is 17.0 Å². The van der Waals surface area contributed by atoms with E-state index in [2.05, 4.69) is 22.2 Å². The summed E-state index contributed by atoms with van der Waals surface area (Å²) < 4.78 is 5.87. The van der Waals surface area contributed by atoms with Crippen molar-refractivity contribution >= 4 is 29.0 Å². The summed E-state index contributed by atoms with van der Waals surface area (Å²) in [5, 5.41) is 2.85. The number of benzene rings is 1. The molecule has 0 bridgehead atoms.